The number of Topliss-reactive ketones (excluding diaryl/α,β-unsaturated/α-hetero) is 1. The van der Waals surface area contributed by atoms with Gasteiger partial charge in [-0.25, -0.2) is 4.99 Å². The number of carbonyl (C=O) groups is 2. The highest BCUT2D eigenvalue weighted by Crippen LogP contribution is 2.26. The maximum atomic E-state index is 12.6. The Labute approximate surface area is 163 Å². The number of amides is 1. The van der Waals surface area contributed by atoms with Crippen LogP contribution in [-0.4, -0.2) is 37.5 Å². The Bertz CT molecular complexity index is 1010. The highest BCUT2D eigenvalue weighted by molar-refractivity contribution is 6.35. The van der Waals surface area contributed by atoms with Crippen LogP contribution < -0.4 is 10.2 Å². The summed E-state index contributed by atoms with van der Waals surface area (Å²) in [6.07, 6.45) is 1.53. The number of likely N-dealkylation sites (N-methyl/N-ethyl adjacent to an activating group) is 1. The maximum Gasteiger partial charge on any atom is 0.255 e. The Morgan fingerprint density at radius 1 is 1.14 bits per heavy atom. The molecule has 0 aromatic heterocycles. The molecule has 0 unspecified atom stereocenters. The van der Waals surface area contributed by atoms with Crippen molar-refractivity contribution in [1.82, 2.24) is 5.32 Å². The quantitative estimate of drug-likeness (QED) is 0.646. The van der Waals surface area contributed by atoms with E-state index in [0.29, 0.717) is 29.1 Å². The zero-order chi connectivity index (χ0) is 20.1. The van der Waals surface area contributed by atoms with Crippen molar-refractivity contribution >= 4 is 28.8 Å². The van der Waals surface area contributed by atoms with Gasteiger partial charge < -0.3 is 10.2 Å². The van der Waals surface area contributed by atoms with Gasteiger partial charge in [-0.3, -0.25) is 9.59 Å². The molecule has 1 aliphatic rings. The van der Waals surface area contributed by atoms with E-state index in [1.54, 1.807) is 12.1 Å². The zero-order valence-corrected chi connectivity index (χ0v) is 15.8. The summed E-state index contributed by atoms with van der Waals surface area (Å²) in [5, 5.41) is 11.4. The number of benzene rings is 2. The summed E-state index contributed by atoms with van der Waals surface area (Å²) < 4.78 is 0. The number of aliphatic imine (C=N–C) groups is 1. The lowest BCUT2D eigenvalue weighted by Gasteiger charge is -2.19. The number of hydrogen-bond donors (Lipinski definition) is 1. The van der Waals surface area contributed by atoms with Crippen LogP contribution >= 0.6 is 0 Å². The van der Waals surface area contributed by atoms with Crippen LogP contribution in [0.1, 0.15) is 22.8 Å². The van der Waals surface area contributed by atoms with Gasteiger partial charge in [-0.15, -0.1) is 0 Å². The van der Waals surface area contributed by atoms with Gasteiger partial charge in [0.05, 0.1) is 23.0 Å². The van der Waals surface area contributed by atoms with E-state index < -0.39 is 5.91 Å². The van der Waals surface area contributed by atoms with Gasteiger partial charge in [-0.05, 0) is 37.3 Å². The number of rotatable bonds is 5. The van der Waals surface area contributed by atoms with Crippen molar-refractivity contribution in [2.45, 2.75) is 6.92 Å². The highest BCUT2D eigenvalue weighted by Gasteiger charge is 2.27. The minimum Gasteiger partial charge on any atom is -0.358 e. The van der Waals surface area contributed by atoms with Gasteiger partial charge in [0, 0.05) is 30.4 Å². The normalized spacial score (nSPS) is 14.1. The number of nitriles is 1. The number of nitrogens with one attached hydrogen (secondary N) is 1. The molecule has 6 heteroatoms. The fourth-order valence-electron chi connectivity index (χ4n) is 3.07. The van der Waals surface area contributed by atoms with E-state index >= 15 is 0 Å². The average molecular weight is 372 g/mol. The molecule has 0 fully saturated rings. The van der Waals surface area contributed by atoms with E-state index in [0.717, 1.165) is 12.2 Å². The summed E-state index contributed by atoms with van der Waals surface area (Å²) in [5.74, 6) is -0.739. The molecule has 0 atom stereocenters. The molecular weight excluding hydrogens is 352 g/mol. The summed E-state index contributed by atoms with van der Waals surface area (Å²) in [5.41, 5.74) is 3.43. The van der Waals surface area contributed by atoms with E-state index in [-0.39, 0.29) is 11.4 Å². The van der Waals surface area contributed by atoms with Crippen LogP contribution in [0.3, 0.4) is 0 Å². The lowest BCUT2D eigenvalue weighted by molar-refractivity contribution is -0.116. The minimum atomic E-state index is -0.433. The first-order chi connectivity index (χ1) is 13.6. The molecular formula is C22H20N4O2. The Balaban J connectivity index is 2.02. The van der Waals surface area contributed by atoms with E-state index in [2.05, 4.69) is 16.4 Å². The van der Waals surface area contributed by atoms with Gasteiger partial charge in [0.1, 0.15) is 6.54 Å². The molecule has 6 nitrogen and oxygen atoms in total. The summed E-state index contributed by atoms with van der Waals surface area (Å²) in [4.78, 5) is 31.3. The lowest BCUT2D eigenvalue weighted by Crippen LogP contribution is -2.29. The second kappa shape index (κ2) is 8.31. The molecule has 2 aromatic rings. The zero-order valence-electron chi connectivity index (χ0n) is 15.8. The van der Waals surface area contributed by atoms with Gasteiger partial charge in [-0.2, -0.15) is 5.26 Å². The molecule has 0 saturated carbocycles. The van der Waals surface area contributed by atoms with Crippen molar-refractivity contribution < 1.29 is 9.59 Å². The minimum absolute atomic E-state index is 0.0720. The summed E-state index contributed by atoms with van der Waals surface area (Å²) in [6, 6.07) is 16.8. The third-order valence-corrected chi connectivity index (χ3v) is 4.55. The fraction of sp³-hybridized carbons (Fsp3) is 0.182. The number of fused-ring (bicyclic) bond motifs is 1. The number of ketones is 1. The molecule has 0 heterocycles. The Morgan fingerprint density at radius 3 is 2.43 bits per heavy atom. The van der Waals surface area contributed by atoms with Gasteiger partial charge in [-0.1, -0.05) is 24.3 Å². The van der Waals surface area contributed by atoms with Crippen LogP contribution in [0.2, 0.25) is 0 Å². The predicted octanol–water partition coefficient (Wildman–Crippen LogP) is 3.03. The summed E-state index contributed by atoms with van der Waals surface area (Å²) in [7, 11) is 1.49. The smallest absolute Gasteiger partial charge is 0.255 e. The summed E-state index contributed by atoms with van der Waals surface area (Å²) in [6.45, 7) is 3.04. The van der Waals surface area contributed by atoms with Crippen molar-refractivity contribution in [3.05, 3.63) is 71.3 Å². The van der Waals surface area contributed by atoms with Crippen LogP contribution in [0.15, 0.2) is 65.2 Å². The van der Waals surface area contributed by atoms with Crippen molar-refractivity contribution in [3.63, 3.8) is 0 Å². The molecule has 0 saturated heterocycles. The number of anilines is 1. The molecule has 0 aliphatic heterocycles. The second-order valence-electron chi connectivity index (χ2n) is 6.20. The second-order valence-corrected chi connectivity index (χ2v) is 6.20. The van der Waals surface area contributed by atoms with Crippen LogP contribution in [0.25, 0.3) is 0 Å². The molecule has 28 heavy (non-hydrogen) atoms. The monoisotopic (exact) mass is 372 g/mol. The van der Waals surface area contributed by atoms with Crippen LogP contribution in [0, 0.1) is 11.3 Å². The first-order valence-electron chi connectivity index (χ1n) is 8.97. The van der Waals surface area contributed by atoms with E-state index in [4.69, 9.17) is 5.26 Å². The van der Waals surface area contributed by atoms with Crippen LogP contribution in [0.5, 0.6) is 0 Å². The van der Waals surface area contributed by atoms with Crippen molar-refractivity contribution in [2.24, 2.45) is 4.99 Å². The van der Waals surface area contributed by atoms with Gasteiger partial charge in [0.15, 0.2) is 5.78 Å². The first-order valence-corrected chi connectivity index (χ1v) is 8.97. The largest absolute Gasteiger partial charge is 0.358 e. The van der Waals surface area contributed by atoms with Crippen LogP contribution in [-0.2, 0) is 4.79 Å². The standard InChI is InChI=1S/C22H20N4O2/c1-3-26(13-12-23)16-10-8-15(9-11-16)25-20-14-19(22(28)24-2)21(27)18-7-5-4-6-17(18)20/h4-11,14H,3,13H2,1-2H3,(H,24,28). The number of hydrogen-bond acceptors (Lipinski definition) is 5. The molecule has 1 aliphatic carbocycles. The number of nitrogens with zero attached hydrogens (tertiary/aromatic N) is 3. The maximum absolute atomic E-state index is 12.6. The molecule has 2 aromatic carbocycles. The van der Waals surface area contributed by atoms with Crippen LogP contribution in [0.4, 0.5) is 11.4 Å². The Hall–Kier alpha value is -3.72. The van der Waals surface area contributed by atoms with E-state index in [1.807, 2.05) is 48.2 Å². The SMILES string of the molecule is CCN(CC#N)c1ccc(N=C2C=C(C(=O)NC)C(=O)c3ccccc32)cc1. The molecule has 0 spiro atoms. The molecule has 1 N–H and O–H groups in total. The Morgan fingerprint density at radius 2 is 1.82 bits per heavy atom. The number of carbonyl (C=O) groups excluding carboxylic acids is 2. The third-order valence-electron chi connectivity index (χ3n) is 4.55. The topological polar surface area (TPSA) is 85.6 Å². The van der Waals surface area contributed by atoms with Crippen molar-refractivity contribution in [2.75, 3.05) is 25.0 Å². The van der Waals surface area contributed by atoms with Crippen molar-refractivity contribution in [1.29, 1.82) is 5.26 Å². The summed E-state index contributed by atoms with van der Waals surface area (Å²) >= 11 is 0. The number of allylic oxidation sites excluding steroid dienone is 1. The molecule has 1 amide bonds. The lowest BCUT2D eigenvalue weighted by atomic mass is 9.88. The Kier molecular flexibility index (Phi) is 5.66. The van der Waals surface area contributed by atoms with Gasteiger partial charge in [0.2, 0.25) is 0 Å². The predicted molar refractivity (Wildman–Crippen MR) is 109 cm³/mol. The van der Waals surface area contributed by atoms with E-state index in [9.17, 15) is 9.59 Å². The van der Waals surface area contributed by atoms with Gasteiger partial charge in [0.25, 0.3) is 5.91 Å². The first kappa shape index (κ1) is 19.1. The van der Waals surface area contributed by atoms with Crippen molar-refractivity contribution in [3.8, 4) is 6.07 Å². The highest BCUT2D eigenvalue weighted by atomic mass is 16.2. The molecule has 0 bridgehead atoms. The fourth-order valence-corrected chi connectivity index (χ4v) is 3.07. The average Bonchev–Trinajstić information content (AvgIpc) is 2.74. The molecule has 3 rings (SSSR count). The van der Waals surface area contributed by atoms with Gasteiger partial charge >= 0.3 is 0 Å². The molecule has 0 radical (unpaired) electrons. The third kappa shape index (κ3) is 3.69. The molecule has 140 valence electrons. The van der Waals surface area contributed by atoms with E-state index in [1.165, 1.54) is 13.1 Å².